The Morgan fingerprint density at radius 1 is 0.440 bits per heavy atom. The summed E-state index contributed by atoms with van der Waals surface area (Å²) in [4.78, 5) is 26.9. The van der Waals surface area contributed by atoms with E-state index in [0.29, 0.717) is 22.3 Å². The van der Waals surface area contributed by atoms with Gasteiger partial charge in [0, 0.05) is 28.2 Å². The summed E-state index contributed by atoms with van der Waals surface area (Å²) in [7, 11) is 0. The fourth-order valence-electron chi connectivity index (χ4n) is 6.74. The molecule has 0 aliphatic carbocycles. The first-order valence-electron chi connectivity index (χ1n) is 17.1. The molecule has 242 valence electrons. The van der Waals surface area contributed by atoms with Gasteiger partial charge in [0.15, 0.2) is 11.6 Å². The van der Waals surface area contributed by atoms with Crippen LogP contribution >= 0.6 is 0 Å². The van der Waals surface area contributed by atoms with Crippen LogP contribution in [0, 0.1) is 13.8 Å². The van der Waals surface area contributed by atoms with Crippen LogP contribution in [-0.2, 0) is 6.42 Å². The summed E-state index contributed by atoms with van der Waals surface area (Å²) in [6, 6.07) is 58.7. The second-order valence-electron chi connectivity index (χ2n) is 13.0. The molecule has 0 N–H and O–H groups in total. The highest BCUT2D eigenvalue weighted by Crippen LogP contribution is 2.32. The van der Waals surface area contributed by atoms with Crippen LogP contribution in [0.2, 0.25) is 0 Å². The van der Waals surface area contributed by atoms with Crippen molar-refractivity contribution in [1.29, 1.82) is 0 Å². The molecule has 7 rings (SSSR count). The van der Waals surface area contributed by atoms with Gasteiger partial charge < -0.3 is 0 Å². The number of hydrogen-bond acceptors (Lipinski definition) is 2. The topological polar surface area (TPSA) is 34.1 Å². The molecule has 0 aromatic heterocycles. The van der Waals surface area contributed by atoms with E-state index in [1.807, 2.05) is 109 Å². The average Bonchev–Trinajstić information content (AvgIpc) is 3.18. The number of carbonyl (C=O) groups is 2. The summed E-state index contributed by atoms with van der Waals surface area (Å²) in [5, 5.41) is 0. The van der Waals surface area contributed by atoms with Crippen molar-refractivity contribution >= 4 is 11.6 Å². The predicted molar refractivity (Wildman–Crippen MR) is 205 cm³/mol. The molecule has 1 atom stereocenters. The first-order valence-corrected chi connectivity index (χ1v) is 17.1. The molecule has 0 saturated heterocycles. The van der Waals surface area contributed by atoms with E-state index in [1.54, 1.807) is 0 Å². The van der Waals surface area contributed by atoms with E-state index in [2.05, 4.69) is 80.6 Å². The molecule has 7 aromatic carbocycles. The molecule has 50 heavy (non-hydrogen) atoms. The Labute approximate surface area is 294 Å². The Morgan fingerprint density at radius 3 is 1.28 bits per heavy atom. The zero-order chi connectivity index (χ0) is 34.5. The van der Waals surface area contributed by atoms with E-state index in [1.165, 1.54) is 16.7 Å². The third kappa shape index (κ3) is 7.16. The molecule has 0 spiro atoms. The Bertz CT molecular complexity index is 2230. The summed E-state index contributed by atoms with van der Waals surface area (Å²) in [5.74, 6) is 0.100. The molecule has 0 aliphatic rings. The van der Waals surface area contributed by atoms with Crippen molar-refractivity contribution in [2.75, 3.05) is 0 Å². The number of rotatable bonds is 10. The van der Waals surface area contributed by atoms with Crippen LogP contribution in [0.4, 0.5) is 0 Å². The zero-order valence-corrected chi connectivity index (χ0v) is 28.3. The highest BCUT2D eigenvalue weighted by molar-refractivity contribution is 6.09. The normalized spacial score (nSPS) is 11.6. The first kappa shape index (κ1) is 32.4. The number of hydrogen-bond donors (Lipinski definition) is 0. The number of carbonyl (C=O) groups excluding carboxylic acids is 2. The van der Waals surface area contributed by atoms with Gasteiger partial charge in [-0.15, -0.1) is 0 Å². The molecule has 2 heteroatoms. The zero-order valence-electron chi connectivity index (χ0n) is 28.3. The molecule has 7 aromatic rings. The van der Waals surface area contributed by atoms with Crippen molar-refractivity contribution in [2.45, 2.75) is 26.2 Å². The molecule has 0 bridgehead atoms. The molecule has 2 nitrogen and oxygen atoms in total. The first-order chi connectivity index (χ1) is 24.4. The fraction of sp³-hybridized carbons (Fsp3) is 0.0833. The van der Waals surface area contributed by atoms with E-state index < -0.39 is 0 Å². The maximum atomic E-state index is 13.5. The third-order valence-electron chi connectivity index (χ3n) is 9.54. The van der Waals surface area contributed by atoms with Gasteiger partial charge in [-0.3, -0.25) is 9.59 Å². The van der Waals surface area contributed by atoms with Gasteiger partial charge in [0.2, 0.25) is 0 Å². The van der Waals surface area contributed by atoms with Gasteiger partial charge in [-0.05, 0) is 64.8 Å². The second kappa shape index (κ2) is 14.6. The molecular formula is C48H38O2. The van der Waals surface area contributed by atoms with E-state index in [4.69, 9.17) is 0 Å². The summed E-state index contributed by atoms with van der Waals surface area (Å²) >= 11 is 0. The average molecular weight is 647 g/mol. The Kier molecular flexibility index (Phi) is 9.44. The van der Waals surface area contributed by atoms with Crippen molar-refractivity contribution in [1.82, 2.24) is 0 Å². The van der Waals surface area contributed by atoms with Gasteiger partial charge in [-0.1, -0.05) is 181 Å². The van der Waals surface area contributed by atoms with E-state index in [0.717, 1.165) is 39.8 Å². The molecule has 0 radical (unpaired) electrons. The SMILES string of the molecule is Cc1ccc(C(Cc2ccc(C(=O)c3ccc(-c4ccccc4)cc3)cc2)c2ccc(C(=O)c3ccc(-c4ccccc4)cc3)cc2)c(C)c1. The number of benzene rings is 7. The van der Waals surface area contributed by atoms with Gasteiger partial charge in [-0.2, -0.15) is 0 Å². The molecule has 0 fully saturated rings. The highest BCUT2D eigenvalue weighted by Gasteiger charge is 2.19. The molecule has 1 unspecified atom stereocenters. The third-order valence-corrected chi connectivity index (χ3v) is 9.54. The quantitative estimate of drug-likeness (QED) is 0.139. The van der Waals surface area contributed by atoms with Crippen molar-refractivity contribution in [3.05, 3.63) is 226 Å². The monoisotopic (exact) mass is 646 g/mol. The molecular weight excluding hydrogens is 609 g/mol. The van der Waals surface area contributed by atoms with Gasteiger partial charge in [-0.25, -0.2) is 0 Å². The van der Waals surface area contributed by atoms with Crippen LogP contribution in [0.1, 0.15) is 65.6 Å². The molecule has 0 saturated carbocycles. The van der Waals surface area contributed by atoms with Crippen LogP contribution in [0.3, 0.4) is 0 Å². The fourth-order valence-corrected chi connectivity index (χ4v) is 6.74. The number of aryl methyl sites for hydroxylation is 2. The minimum Gasteiger partial charge on any atom is -0.289 e. The van der Waals surface area contributed by atoms with Crippen molar-refractivity contribution in [3.8, 4) is 22.3 Å². The molecule has 0 aliphatic heterocycles. The van der Waals surface area contributed by atoms with Gasteiger partial charge in [0.25, 0.3) is 0 Å². The lowest BCUT2D eigenvalue weighted by molar-refractivity contribution is 0.103. The summed E-state index contributed by atoms with van der Waals surface area (Å²) in [6.07, 6.45) is 0.762. The van der Waals surface area contributed by atoms with Gasteiger partial charge in [0.1, 0.15) is 0 Å². The van der Waals surface area contributed by atoms with Crippen LogP contribution in [0.15, 0.2) is 176 Å². The van der Waals surface area contributed by atoms with Crippen LogP contribution < -0.4 is 0 Å². The Morgan fingerprint density at radius 2 is 0.840 bits per heavy atom. The minimum atomic E-state index is 0.00851. The molecule has 0 amide bonds. The standard InChI is InChI=1S/C48H38O2/c1-33-13-30-45(34(2)31-33)46(40-22-28-44(29-23-40)48(50)43-26-20-39(21-27-43)37-11-7-4-8-12-37)32-35-14-16-41(17-15-35)47(49)42-24-18-38(19-25-42)36-9-5-3-6-10-36/h3-31,46H,32H2,1-2H3. The summed E-state index contributed by atoms with van der Waals surface area (Å²) < 4.78 is 0. The van der Waals surface area contributed by atoms with E-state index in [-0.39, 0.29) is 17.5 Å². The lowest BCUT2D eigenvalue weighted by Gasteiger charge is -2.21. The molecule has 0 heterocycles. The van der Waals surface area contributed by atoms with E-state index >= 15 is 0 Å². The van der Waals surface area contributed by atoms with Crippen LogP contribution in [0.25, 0.3) is 22.3 Å². The lowest BCUT2D eigenvalue weighted by Crippen LogP contribution is -2.09. The highest BCUT2D eigenvalue weighted by atomic mass is 16.1. The van der Waals surface area contributed by atoms with Crippen LogP contribution in [0.5, 0.6) is 0 Å². The number of ketones is 2. The van der Waals surface area contributed by atoms with Gasteiger partial charge >= 0.3 is 0 Å². The maximum Gasteiger partial charge on any atom is 0.193 e. The summed E-state index contributed by atoms with van der Waals surface area (Å²) in [5.41, 5.74) is 13.1. The maximum absolute atomic E-state index is 13.5. The summed E-state index contributed by atoms with van der Waals surface area (Å²) in [6.45, 7) is 4.28. The van der Waals surface area contributed by atoms with Crippen molar-refractivity contribution in [2.24, 2.45) is 0 Å². The van der Waals surface area contributed by atoms with Crippen LogP contribution in [-0.4, -0.2) is 11.6 Å². The largest absolute Gasteiger partial charge is 0.289 e. The van der Waals surface area contributed by atoms with Crippen molar-refractivity contribution in [3.63, 3.8) is 0 Å². The smallest absolute Gasteiger partial charge is 0.193 e. The van der Waals surface area contributed by atoms with E-state index in [9.17, 15) is 9.59 Å². The predicted octanol–water partition coefficient (Wildman–Crippen LogP) is 11.5. The Hall–Kier alpha value is -6.12. The lowest BCUT2D eigenvalue weighted by atomic mass is 9.82. The Balaban J connectivity index is 1.10. The minimum absolute atomic E-state index is 0.00851. The van der Waals surface area contributed by atoms with Crippen molar-refractivity contribution < 1.29 is 9.59 Å². The second-order valence-corrected chi connectivity index (χ2v) is 13.0. The van der Waals surface area contributed by atoms with Gasteiger partial charge in [0.05, 0.1) is 0 Å².